The van der Waals surface area contributed by atoms with Crippen molar-refractivity contribution in [2.45, 2.75) is 19.3 Å². The van der Waals surface area contributed by atoms with Crippen LogP contribution in [-0.2, 0) is 9.53 Å². The van der Waals surface area contributed by atoms with Crippen LogP contribution in [0.25, 0.3) is 0 Å². The summed E-state index contributed by atoms with van der Waals surface area (Å²) in [6, 6.07) is 0. The summed E-state index contributed by atoms with van der Waals surface area (Å²) in [7, 11) is 0. The molecule has 86 valence electrons. The predicted octanol–water partition coefficient (Wildman–Crippen LogP) is 0.820. The SMILES string of the molecule is O=C(O)C1CCCCN(CC2COC2)C1. The minimum absolute atomic E-state index is 0.159. The molecule has 0 saturated carbocycles. The van der Waals surface area contributed by atoms with Crippen LogP contribution in [0.5, 0.6) is 0 Å². The van der Waals surface area contributed by atoms with Crippen molar-refractivity contribution in [3.05, 3.63) is 0 Å². The van der Waals surface area contributed by atoms with Crippen molar-refractivity contribution in [3.8, 4) is 0 Å². The van der Waals surface area contributed by atoms with E-state index in [-0.39, 0.29) is 5.92 Å². The zero-order chi connectivity index (χ0) is 10.7. The molecule has 1 N–H and O–H groups in total. The number of carbonyl (C=O) groups is 1. The van der Waals surface area contributed by atoms with Crippen molar-refractivity contribution < 1.29 is 14.6 Å². The van der Waals surface area contributed by atoms with Gasteiger partial charge >= 0.3 is 5.97 Å². The normalized spacial score (nSPS) is 29.5. The van der Waals surface area contributed by atoms with Gasteiger partial charge in [0.1, 0.15) is 0 Å². The van der Waals surface area contributed by atoms with Gasteiger partial charge in [0, 0.05) is 19.0 Å². The first-order valence-corrected chi connectivity index (χ1v) is 5.78. The number of aliphatic carboxylic acids is 1. The van der Waals surface area contributed by atoms with Gasteiger partial charge in [0.2, 0.25) is 0 Å². The number of carboxylic acid groups (broad SMARTS) is 1. The second-order valence-corrected chi connectivity index (χ2v) is 4.69. The molecular weight excluding hydrogens is 194 g/mol. The highest BCUT2D eigenvalue weighted by molar-refractivity contribution is 5.70. The van der Waals surface area contributed by atoms with Crippen LogP contribution in [0, 0.1) is 11.8 Å². The fourth-order valence-electron chi connectivity index (χ4n) is 2.34. The van der Waals surface area contributed by atoms with Crippen molar-refractivity contribution in [1.29, 1.82) is 0 Å². The Bertz CT molecular complexity index is 228. The summed E-state index contributed by atoms with van der Waals surface area (Å²) in [5.74, 6) is -0.155. The molecule has 2 rings (SSSR count). The van der Waals surface area contributed by atoms with Gasteiger partial charge in [-0.3, -0.25) is 4.79 Å². The molecule has 1 unspecified atom stereocenters. The summed E-state index contributed by atoms with van der Waals surface area (Å²) in [5.41, 5.74) is 0. The number of rotatable bonds is 3. The maximum absolute atomic E-state index is 11.0. The topological polar surface area (TPSA) is 49.8 Å². The molecule has 0 bridgehead atoms. The number of hydrogen-bond acceptors (Lipinski definition) is 3. The Kier molecular flexibility index (Phi) is 3.59. The van der Waals surface area contributed by atoms with Crippen LogP contribution in [0.1, 0.15) is 19.3 Å². The van der Waals surface area contributed by atoms with Gasteiger partial charge < -0.3 is 14.7 Å². The van der Waals surface area contributed by atoms with Gasteiger partial charge in [-0.25, -0.2) is 0 Å². The van der Waals surface area contributed by atoms with Crippen LogP contribution in [0.3, 0.4) is 0 Å². The third-order valence-electron chi connectivity index (χ3n) is 3.33. The Hall–Kier alpha value is -0.610. The van der Waals surface area contributed by atoms with Crippen LogP contribution < -0.4 is 0 Å². The monoisotopic (exact) mass is 213 g/mol. The number of nitrogens with zero attached hydrogens (tertiary/aromatic N) is 1. The Labute approximate surface area is 90.2 Å². The second kappa shape index (κ2) is 4.94. The maximum atomic E-state index is 11.0. The molecule has 0 amide bonds. The van der Waals surface area contributed by atoms with Crippen LogP contribution in [0.4, 0.5) is 0 Å². The fourth-order valence-corrected chi connectivity index (χ4v) is 2.34. The average Bonchev–Trinajstić information content (AvgIpc) is 2.36. The molecule has 2 fully saturated rings. The van der Waals surface area contributed by atoms with Crippen LogP contribution in [0.2, 0.25) is 0 Å². The van der Waals surface area contributed by atoms with Crippen molar-refractivity contribution >= 4 is 5.97 Å². The molecule has 2 aliphatic heterocycles. The largest absolute Gasteiger partial charge is 0.481 e. The van der Waals surface area contributed by atoms with Gasteiger partial charge in [-0.05, 0) is 19.4 Å². The van der Waals surface area contributed by atoms with E-state index in [0.717, 1.165) is 52.1 Å². The summed E-state index contributed by atoms with van der Waals surface area (Å²) >= 11 is 0. The molecule has 15 heavy (non-hydrogen) atoms. The Morgan fingerprint density at radius 2 is 2.20 bits per heavy atom. The lowest BCUT2D eigenvalue weighted by molar-refractivity contribution is -0.142. The first kappa shape index (κ1) is 10.9. The number of hydrogen-bond donors (Lipinski definition) is 1. The summed E-state index contributed by atoms with van der Waals surface area (Å²) in [5, 5.41) is 9.03. The number of ether oxygens (including phenoxy) is 1. The lowest BCUT2D eigenvalue weighted by Crippen LogP contribution is -2.41. The van der Waals surface area contributed by atoms with Gasteiger partial charge in [-0.2, -0.15) is 0 Å². The Morgan fingerprint density at radius 1 is 1.40 bits per heavy atom. The summed E-state index contributed by atoms with van der Waals surface area (Å²) < 4.78 is 5.14. The van der Waals surface area contributed by atoms with E-state index in [1.807, 2.05) is 0 Å². The van der Waals surface area contributed by atoms with Gasteiger partial charge in [-0.15, -0.1) is 0 Å². The molecule has 0 aromatic carbocycles. The lowest BCUT2D eigenvalue weighted by atomic mass is 10.0. The molecule has 0 aromatic rings. The van der Waals surface area contributed by atoms with E-state index in [0.29, 0.717) is 5.92 Å². The minimum atomic E-state index is -0.633. The van der Waals surface area contributed by atoms with E-state index in [4.69, 9.17) is 9.84 Å². The average molecular weight is 213 g/mol. The maximum Gasteiger partial charge on any atom is 0.307 e. The molecule has 2 saturated heterocycles. The van der Waals surface area contributed by atoms with Crippen LogP contribution in [-0.4, -0.2) is 48.8 Å². The van der Waals surface area contributed by atoms with E-state index in [9.17, 15) is 4.79 Å². The third-order valence-corrected chi connectivity index (χ3v) is 3.33. The molecule has 4 nitrogen and oxygen atoms in total. The first-order valence-electron chi connectivity index (χ1n) is 5.78. The van der Waals surface area contributed by atoms with E-state index in [2.05, 4.69) is 4.90 Å². The van der Waals surface area contributed by atoms with Gasteiger partial charge in [0.15, 0.2) is 0 Å². The minimum Gasteiger partial charge on any atom is -0.481 e. The fraction of sp³-hybridized carbons (Fsp3) is 0.909. The molecule has 0 spiro atoms. The molecule has 0 aromatic heterocycles. The number of carboxylic acids is 1. The molecule has 1 atom stereocenters. The molecular formula is C11H19NO3. The smallest absolute Gasteiger partial charge is 0.307 e. The van der Waals surface area contributed by atoms with Crippen molar-refractivity contribution in [2.24, 2.45) is 11.8 Å². The standard InChI is InChI=1S/C11H19NO3/c13-11(14)10-3-1-2-4-12(6-10)5-9-7-15-8-9/h9-10H,1-8H2,(H,13,14). The molecule has 4 heteroatoms. The van der Waals surface area contributed by atoms with Gasteiger partial charge in [0.25, 0.3) is 0 Å². The zero-order valence-electron chi connectivity index (χ0n) is 9.02. The van der Waals surface area contributed by atoms with Crippen molar-refractivity contribution in [3.63, 3.8) is 0 Å². The molecule has 2 aliphatic rings. The summed E-state index contributed by atoms with van der Waals surface area (Å²) in [6.45, 7) is 4.51. The quantitative estimate of drug-likeness (QED) is 0.754. The second-order valence-electron chi connectivity index (χ2n) is 4.69. The molecule has 2 heterocycles. The van der Waals surface area contributed by atoms with Crippen molar-refractivity contribution in [2.75, 3.05) is 32.8 Å². The summed E-state index contributed by atoms with van der Waals surface area (Å²) in [4.78, 5) is 13.3. The Balaban J connectivity index is 1.83. The predicted molar refractivity (Wildman–Crippen MR) is 55.7 cm³/mol. The highest BCUT2D eigenvalue weighted by atomic mass is 16.5. The zero-order valence-corrected chi connectivity index (χ0v) is 9.02. The van der Waals surface area contributed by atoms with E-state index >= 15 is 0 Å². The van der Waals surface area contributed by atoms with Crippen LogP contribution >= 0.6 is 0 Å². The highest BCUT2D eigenvalue weighted by Crippen LogP contribution is 2.19. The first-order chi connectivity index (χ1) is 7.25. The Morgan fingerprint density at radius 3 is 2.80 bits per heavy atom. The van der Waals surface area contributed by atoms with E-state index in [1.165, 1.54) is 0 Å². The van der Waals surface area contributed by atoms with E-state index in [1.54, 1.807) is 0 Å². The van der Waals surface area contributed by atoms with Gasteiger partial charge in [-0.1, -0.05) is 6.42 Å². The van der Waals surface area contributed by atoms with Gasteiger partial charge in [0.05, 0.1) is 19.1 Å². The highest BCUT2D eigenvalue weighted by Gasteiger charge is 2.27. The number of likely N-dealkylation sites (tertiary alicyclic amines) is 1. The molecule has 0 radical (unpaired) electrons. The van der Waals surface area contributed by atoms with Crippen LogP contribution in [0.15, 0.2) is 0 Å². The van der Waals surface area contributed by atoms with E-state index < -0.39 is 5.97 Å². The third kappa shape index (κ3) is 2.92. The van der Waals surface area contributed by atoms with Crippen molar-refractivity contribution in [1.82, 2.24) is 4.90 Å². The lowest BCUT2D eigenvalue weighted by Gasteiger charge is -2.32. The summed E-state index contributed by atoms with van der Waals surface area (Å²) in [6.07, 6.45) is 3.03. The molecule has 0 aliphatic carbocycles.